The molecule has 6 heteroatoms. The molecule has 2 rings (SSSR count). The lowest BCUT2D eigenvalue weighted by Gasteiger charge is -2.21. The number of rotatable bonds is 5. The van der Waals surface area contributed by atoms with Crippen LogP contribution in [0, 0.1) is 5.92 Å². The van der Waals surface area contributed by atoms with E-state index in [0.717, 1.165) is 31.6 Å². The fourth-order valence-electron chi connectivity index (χ4n) is 2.00. The smallest absolute Gasteiger partial charge is 0.308 e. The van der Waals surface area contributed by atoms with Crippen LogP contribution in [-0.4, -0.2) is 40.8 Å². The Labute approximate surface area is 112 Å². The number of hydrogen-bond acceptors (Lipinski definition) is 5. The van der Waals surface area contributed by atoms with Crippen LogP contribution in [0.25, 0.3) is 0 Å². The first-order valence-electron chi connectivity index (χ1n) is 6.53. The molecular weight excluding hydrogens is 246 g/mol. The van der Waals surface area contributed by atoms with E-state index >= 15 is 0 Å². The number of aliphatic carboxylic acids is 1. The number of ether oxygens (including phenoxy) is 1. The van der Waals surface area contributed by atoms with Crippen molar-refractivity contribution in [1.29, 1.82) is 0 Å². The molecule has 1 aliphatic heterocycles. The van der Waals surface area contributed by atoms with Crippen LogP contribution in [0.1, 0.15) is 31.2 Å². The standard InChI is InChI=1S/C13H19N3O3/c1-9(12(17)18)6-14-13-15-7-11(8-16-13)10-2-4-19-5-3-10/h7-10H,2-6H2,1H3,(H,17,18)(H,14,15,16). The van der Waals surface area contributed by atoms with E-state index in [1.165, 1.54) is 0 Å². The molecule has 0 saturated carbocycles. The van der Waals surface area contributed by atoms with E-state index in [4.69, 9.17) is 9.84 Å². The molecule has 1 unspecified atom stereocenters. The quantitative estimate of drug-likeness (QED) is 0.839. The molecule has 104 valence electrons. The van der Waals surface area contributed by atoms with Gasteiger partial charge in [-0.05, 0) is 24.3 Å². The summed E-state index contributed by atoms with van der Waals surface area (Å²) in [4.78, 5) is 19.1. The highest BCUT2D eigenvalue weighted by molar-refractivity contribution is 5.70. The Bertz CT molecular complexity index is 416. The van der Waals surface area contributed by atoms with Crippen LogP contribution in [0.2, 0.25) is 0 Å². The second kappa shape index (κ2) is 6.47. The number of nitrogens with zero attached hydrogens (tertiary/aromatic N) is 2. The van der Waals surface area contributed by atoms with E-state index in [9.17, 15) is 4.79 Å². The van der Waals surface area contributed by atoms with Crippen molar-refractivity contribution in [2.75, 3.05) is 25.1 Å². The second-order valence-corrected chi connectivity index (χ2v) is 4.85. The van der Waals surface area contributed by atoms with E-state index in [1.807, 2.05) is 12.4 Å². The molecule has 2 heterocycles. The Hall–Kier alpha value is -1.69. The van der Waals surface area contributed by atoms with E-state index in [2.05, 4.69) is 15.3 Å². The van der Waals surface area contributed by atoms with E-state index in [-0.39, 0.29) is 0 Å². The van der Waals surface area contributed by atoms with Gasteiger partial charge in [0.1, 0.15) is 0 Å². The summed E-state index contributed by atoms with van der Waals surface area (Å²) in [7, 11) is 0. The van der Waals surface area contributed by atoms with Crippen LogP contribution in [0.4, 0.5) is 5.95 Å². The topological polar surface area (TPSA) is 84.3 Å². The Balaban J connectivity index is 1.89. The van der Waals surface area contributed by atoms with Crippen molar-refractivity contribution in [2.24, 2.45) is 5.92 Å². The Morgan fingerprint density at radius 2 is 2.11 bits per heavy atom. The average Bonchev–Trinajstić information content (AvgIpc) is 2.46. The van der Waals surface area contributed by atoms with Crippen molar-refractivity contribution < 1.29 is 14.6 Å². The van der Waals surface area contributed by atoms with Gasteiger partial charge in [0.05, 0.1) is 5.92 Å². The Kier molecular flexibility index (Phi) is 4.68. The van der Waals surface area contributed by atoms with Gasteiger partial charge < -0.3 is 15.2 Å². The zero-order chi connectivity index (χ0) is 13.7. The van der Waals surface area contributed by atoms with E-state index in [1.54, 1.807) is 6.92 Å². The predicted octanol–water partition coefficient (Wildman–Crippen LogP) is 1.50. The SMILES string of the molecule is CC(CNc1ncc(C2CCOCC2)cn1)C(=O)O. The molecule has 0 radical (unpaired) electrons. The van der Waals surface area contributed by atoms with Gasteiger partial charge in [0.2, 0.25) is 5.95 Å². The molecule has 1 atom stereocenters. The molecule has 1 saturated heterocycles. The lowest BCUT2D eigenvalue weighted by Crippen LogP contribution is -2.20. The molecule has 1 aromatic rings. The van der Waals surface area contributed by atoms with Gasteiger partial charge in [-0.15, -0.1) is 0 Å². The van der Waals surface area contributed by atoms with Gasteiger partial charge >= 0.3 is 5.97 Å². The number of carboxylic acids is 1. The van der Waals surface area contributed by atoms with Gasteiger partial charge in [0, 0.05) is 32.2 Å². The van der Waals surface area contributed by atoms with Gasteiger partial charge in [-0.3, -0.25) is 4.79 Å². The van der Waals surface area contributed by atoms with Crippen molar-refractivity contribution in [3.63, 3.8) is 0 Å². The monoisotopic (exact) mass is 265 g/mol. The van der Waals surface area contributed by atoms with Gasteiger partial charge in [0.25, 0.3) is 0 Å². The molecule has 19 heavy (non-hydrogen) atoms. The molecule has 0 spiro atoms. The second-order valence-electron chi connectivity index (χ2n) is 4.85. The number of hydrogen-bond donors (Lipinski definition) is 2. The summed E-state index contributed by atoms with van der Waals surface area (Å²) in [6, 6.07) is 0. The van der Waals surface area contributed by atoms with Crippen molar-refractivity contribution in [1.82, 2.24) is 9.97 Å². The van der Waals surface area contributed by atoms with Gasteiger partial charge in [-0.25, -0.2) is 9.97 Å². The van der Waals surface area contributed by atoms with Crippen molar-refractivity contribution in [3.05, 3.63) is 18.0 Å². The summed E-state index contributed by atoms with van der Waals surface area (Å²) < 4.78 is 5.32. The maximum absolute atomic E-state index is 10.7. The number of carboxylic acid groups (broad SMARTS) is 1. The molecule has 0 aromatic carbocycles. The van der Waals surface area contributed by atoms with E-state index < -0.39 is 11.9 Å². The maximum atomic E-state index is 10.7. The minimum absolute atomic E-state index is 0.325. The van der Waals surface area contributed by atoms with Gasteiger partial charge in [0.15, 0.2) is 0 Å². The lowest BCUT2D eigenvalue weighted by atomic mass is 9.94. The summed E-state index contributed by atoms with van der Waals surface area (Å²) in [5.41, 5.74) is 1.13. The normalized spacial score (nSPS) is 17.9. The number of anilines is 1. The van der Waals surface area contributed by atoms with Crippen molar-refractivity contribution in [2.45, 2.75) is 25.7 Å². The van der Waals surface area contributed by atoms with Crippen LogP contribution in [-0.2, 0) is 9.53 Å². The van der Waals surface area contributed by atoms with Crippen LogP contribution in [0.5, 0.6) is 0 Å². The highest BCUT2D eigenvalue weighted by Crippen LogP contribution is 2.25. The fraction of sp³-hybridized carbons (Fsp3) is 0.615. The minimum atomic E-state index is -0.827. The highest BCUT2D eigenvalue weighted by Gasteiger charge is 2.16. The first-order chi connectivity index (χ1) is 9.16. The molecule has 0 bridgehead atoms. The Morgan fingerprint density at radius 1 is 1.47 bits per heavy atom. The van der Waals surface area contributed by atoms with Gasteiger partial charge in [-0.1, -0.05) is 6.92 Å². The maximum Gasteiger partial charge on any atom is 0.308 e. The van der Waals surface area contributed by atoms with Crippen LogP contribution in [0.3, 0.4) is 0 Å². The van der Waals surface area contributed by atoms with Crippen molar-refractivity contribution in [3.8, 4) is 0 Å². The summed E-state index contributed by atoms with van der Waals surface area (Å²) in [5, 5.41) is 11.7. The molecule has 6 nitrogen and oxygen atoms in total. The number of aromatic nitrogens is 2. The molecule has 0 aliphatic carbocycles. The largest absolute Gasteiger partial charge is 0.481 e. The molecule has 2 N–H and O–H groups in total. The fourth-order valence-corrected chi connectivity index (χ4v) is 2.00. The van der Waals surface area contributed by atoms with Crippen LogP contribution < -0.4 is 5.32 Å². The van der Waals surface area contributed by atoms with Crippen molar-refractivity contribution >= 4 is 11.9 Å². The zero-order valence-corrected chi connectivity index (χ0v) is 11.0. The van der Waals surface area contributed by atoms with Crippen LogP contribution >= 0.6 is 0 Å². The predicted molar refractivity (Wildman–Crippen MR) is 70.1 cm³/mol. The summed E-state index contributed by atoms with van der Waals surface area (Å²) in [6.07, 6.45) is 5.64. The van der Waals surface area contributed by atoms with Gasteiger partial charge in [-0.2, -0.15) is 0 Å². The molecule has 1 fully saturated rings. The third-order valence-electron chi connectivity index (χ3n) is 3.35. The van der Waals surface area contributed by atoms with E-state index in [0.29, 0.717) is 18.4 Å². The summed E-state index contributed by atoms with van der Waals surface area (Å²) >= 11 is 0. The zero-order valence-electron chi connectivity index (χ0n) is 11.0. The lowest BCUT2D eigenvalue weighted by molar-refractivity contribution is -0.140. The van der Waals surface area contributed by atoms with Crippen LogP contribution in [0.15, 0.2) is 12.4 Å². The first-order valence-corrected chi connectivity index (χ1v) is 6.53. The Morgan fingerprint density at radius 3 is 2.68 bits per heavy atom. The third-order valence-corrected chi connectivity index (χ3v) is 3.35. The first kappa shape index (κ1) is 13.7. The molecule has 1 aromatic heterocycles. The molecule has 0 amide bonds. The summed E-state index contributed by atoms with van der Waals surface area (Å²) in [5.74, 6) is -0.338. The minimum Gasteiger partial charge on any atom is -0.481 e. The average molecular weight is 265 g/mol. The highest BCUT2D eigenvalue weighted by atomic mass is 16.5. The summed E-state index contributed by atoms with van der Waals surface area (Å²) in [6.45, 7) is 3.55. The molecule has 1 aliphatic rings. The molecular formula is C13H19N3O3. The third kappa shape index (κ3) is 3.89. The number of carbonyl (C=O) groups is 1. The number of nitrogens with one attached hydrogen (secondary N) is 1.